The summed E-state index contributed by atoms with van der Waals surface area (Å²) < 4.78 is 10.9. The summed E-state index contributed by atoms with van der Waals surface area (Å²) in [5, 5.41) is 10.9. The standard InChI is InChI=1S/C19H24O6/c1-9(2)16(21)24-15-14-11(4)17(22)25-19(14,23)8-12-13(20)7-6-10(3)18(12,15)5/h8-10,15,23H,6-7H2,1-5H3/t10-,15+,18+,19+/m1/s1. The Morgan fingerprint density at radius 3 is 2.64 bits per heavy atom. The van der Waals surface area contributed by atoms with Crippen LogP contribution in [0.4, 0.5) is 0 Å². The molecule has 0 bridgehead atoms. The molecule has 0 saturated heterocycles. The van der Waals surface area contributed by atoms with E-state index >= 15 is 0 Å². The molecule has 25 heavy (non-hydrogen) atoms. The van der Waals surface area contributed by atoms with E-state index in [0.717, 1.165) is 0 Å². The minimum absolute atomic E-state index is 0.0296. The van der Waals surface area contributed by atoms with Crippen molar-refractivity contribution in [1.29, 1.82) is 0 Å². The number of aliphatic hydroxyl groups is 1. The second-order valence-electron chi connectivity index (χ2n) is 7.80. The average Bonchev–Trinajstić information content (AvgIpc) is 2.75. The molecule has 4 atom stereocenters. The molecule has 0 aromatic heterocycles. The van der Waals surface area contributed by atoms with Gasteiger partial charge in [0.2, 0.25) is 0 Å². The normalized spacial score (nSPS) is 37.5. The van der Waals surface area contributed by atoms with Crippen LogP contribution in [0.2, 0.25) is 0 Å². The number of fused-ring (bicyclic) bond motifs is 2. The zero-order valence-electron chi connectivity index (χ0n) is 15.2. The topological polar surface area (TPSA) is 89.9 Å². The van der Waals surface area contributed by atoms with E-state index in [9.17, 15) is 19.5 Å². The molecule has 3 rings (SSSR count). The number of Topliss-reactive ketones (excluding diaryl/α,β-unsaturated/α-hetero) is 1. The molecule has 1 heterocycles. The van der Waals surface area contributed by atoms with Crippen molar-refractivity contribution in [2.24, 2.45) is 17.3 Å². The monoisotopic (exact) mass is 348 g/mol. The molecule has 1 saturated carbocycles. The van der Waals surface area contributed by atoms with Gasteiger partial charge in [-0.25, -0.2) is 4.79 Å². The Kier molecular flexibility index (Phi) is 3.95. The third-order valence-electron chi connectivity index (χ3n) is 5.91. The van der Waals surface area contributed by atoms with Gasteiger partial charge in [0, 0.05) is 23.0 Å². The van der Waals surface area contributed by atoms with Crippen molar-refractivity contribution in [1.82, 2.24) is 0 Å². The van der Waals surface area contributed by atoms with Gasteiger partial charge < -0.3 is 14.6 Å². The van der Waals surface area contributed by atoms with Gasteiger partial charge in [-0.1, -0.05) is 27.7 Å². The van der Waals surface area contributed by atoms with Gasteiger partial charge in [-0.15, -0.1) is 0 Å². The SMILES string of the molecule is CC1=C2[C@H](OC(=O)C(C)C)[C@]3(C)C(=C[C@]2(O)OC1=O)C(=O)CC[C@H]3C. The lowest BCUT2D eigenvalue weighted by molar-refractivity contribution is -0.181. The summed E-state index contributed by atoms with van der Waals surface area (Å²) in [4.78, 5) is 37.0. The zero-order chi connectivity index (χ0) is 18.7. The molecule has 2 aliphatic carbocycles. The van der Waals surface area contributed by atoms with E-state index in [1.54, 1.807) is 20.8 Å². The number of ether oxygens (including phenoxy) is 2. The molecular formula is C19H24O6. The number of carbonyl (C=O) groups is 3. The molecular weight excluding hydrogens is 324 g/mol. The lowest BCUT2D eigenvalue weighted by Crippen LogP contribution is -2.56. The third-order valence-corrected chi connectivity index (χ3v) is 5.91. The Bertz CT molecular complexity index is 730. The Morgan fingerprint density at radius 2 is 2.04 bits per heavy atom. The van der Waals surface area contributed by atoms with Gasteiger partial charge in [-0.05, 0) is 25.3 Å². The summed E-state index contributed by atoms with van der Waals surface area (Å²) >= 11 is 0. The van der Waals surface area contributed by atoms with E-state index in [1.165, 1.54) is 6.08 Å². The van der Waals surface area contributed by atoms with Crippen molar-refractivity contribution < 1.29 is 29.0 Å². The van der Waals surface area contributed by atoms with Crippen LogP contribution < -0.4 is 0 Å². The maximum Gasteiger partial charge on any atom is 0.337 e. The van der Waals surface area contributed by atoms with Crippen molar-refractivity contribution in [3.05, 3.63) is 22.8 Å². The molecule has 6 nitrogen and oxygen atoms in total. The fraction of sp³-hybridized carbons (Fsp3) is 0.632. The van der Waals surface area contributed by atoms with Crippen LogP contribution in [0.15, 0.2) is 22.8 Å². The van der Waals surface area contributed by atoms with Crippen LogP contribution in [-0.4, -0.2) is 34.7 Å². The van der Waals surface area contributed by atoms with Gasteiger partial charge in [0.15, 0.2) is 5.78 Å². The van der Waals surface area contributed by atoms with E-state index < -0.39 is 29.2 Å². The van der Waals surface area contributed by atoms with Crippen molar-refractivity contribution in [3.63, 3.8) is 0 Å². The molecule has 1 aliphatic heterocycles. The van der Waals surface area contributed by atoms with Gasteiger partial charge in [-0.2, -0.15) is 0 Å². The largest absolute Gasteiger partial charge is 0.456 e. The number of hydrogen-bond donors (Lipinski definition) is 1. The molecule has 0 aromatic rings. The first-order valence-electron chi connectivity index (χ1n) is 8.66. The molecule has 0 unspecified atom stereocenters. The Hall–Kier alpha value is -1.95. The lowest BCUT2D eigenvalue weighted by Gasteiger charge is -2.50. The van der Waals surface area contributed by atoms with Gasteiger partial charge >= 0.3 is 11.9 Å². The fourth-order valence-electron chi connectivity index (χ4n) is 4.06. The fourth-order valence-corrected chi connectivity index (χ4v) is 4.06. The van der Waals surface area contributed by atoms with Gasteiger partial charge in [0.05, 0.1) is 11.5 Å². The van der Waals surface area contributed by atoms with Crippen LogP contribution in [0, 0.1) is 17.3 Å². The molecule has 0 amide bonds. The van der Waals surface area contributed by atoms with Crippen LogP contribution in [0.1, 0.15) is 47.5 Å². The highest BCUT2D eigenvalue weighted by Gasteiger charge is 2.62. The van der Waals surface area contributed by atoms with Crippen molar-refractivity contribution in [2.45, 2.75) is 59.4 Å². The summed E-state index contributed by atoms with van der Waals surface area (Å²) in [6.07, 6.45) is 1.43. The number of ketones is 1. The summed E-state index contributed by atoms with van der Waals surface area (Å²) in [5.74, 6) is -3.59. The highest BCUT2D eigenvalue weighted by molar-refractivity contribution is 6.00. The van der Waals surface area contributed by atoms with Crippen LogP contribution >= 0.6 is 0 Å². The molecule has 1 fully saturated rings. The van der Waals surface area contributed by atoms with Crippen LogP contribution in [0.5, 0.6) is 0 Å². The Labute approximate surface area is 146 Å². The maximum absolute atomic E-state index is 12.6. The number of rotatable bonds is 2. The van der Waals surface area contributed by atoms with Crippen LogP contribution in [-0.2, 0) is 23.9 Å². The highest BCUT2D eigenvalue weighted by atomic mass is 16.7. The molecule has 0 aromatic carbocycles. The van der Waals surface area contributed by atoms with E-state index in [0.29, 0.717) is 18.4 Å². The Balaban J connectivity index is 2.23. The second-order valence-corrected chi connectivity index (χ2v) is 7.80. The van der Waals surface area contributed by atoms with E-state index in [-0.39, 0.29) is 28.8 Å². The lowest BCUT2D eigenvalue weighted by atomic mass is 9.56. The molecule has 0 radical (unpaired) electrons. The van der Waals surface area contributed by atoms with Crippen molar-refractivity contribution in [3.8, 4) is 0 Å². The van der Waals surface area contributed by atoms with E-state index in [4.69, 9.17) is 9.47 Å². The predicted octanol–water partition coefficient (Wildman–Crippen LogP) is 2.06. The number of esters is 2. The summed E-state index contributed by atoms with van der Waals surface area (Å²) in [6, 6.07) is 0. The number of carbonyl (C=O) groups excluding carboxylic acids is 3. The minimum atomic E-state index is -2.02. The van der Waals surface area contributed by atoms with Gasteiger partial charge in [-0.3, -0.25) is 9.59 Å². The van der Waals surface area contributed by atoms with Gasteiger partial charge in [0.25, 0.3) is 5.79 Å². The Morgan fingerprint density at radius 1 is 1.40 bits per heavy atom. The summed E-state index contributed by atoms with van der Waals surface area (Å²) in [6.45, 7) is 8.83. The van der Waals surface area contributed by atoms with E-state index in [2.05, 4.69) is 0 Å². The quantitative estimate of drug-likeness (QED) is 0.768. The molecule has 6 heteroatoms. The summed E-state index contributed by atoms with van der Waals surface area (Å²) in [5.41, 5.74) is 0.0307. The number of hydrogen-bond acceptors (Lipinski definition) is 6. The molecule has 136 valence electrons. The van der Waals surface area contributed by atoms with Crippen molar-refractivity contribution in [2.75, 3.05) is 0 Å². The van der Waals surface area contributed by atoms with Crippen LogP contribution in [0.3, 0.4) is 0 Å². The van der Waals surface area contributed by atoms with Gasteiger partial charge in [0.1, 0.15) is 6.10 Å². The molecule has 3 aliphatic rings. The van der Waals surface area contributed by atoms with Crippen LogP contribution in [0.25, 0.3) is 0 Å². The average molecular weight is 348 g/mol. The highest BCUT2D eigenvalue weighted by Crippen LogP contribution is 2.56. The first kappa shape index (κ1) is 17.9. The van der Waals surface area contributed by atoms with Crippen molar-refractivity contribution >= 4 is 17.7 Å². The third kappa shape index (κ3) is 2.38. The maximum atomic E-state index is 12.6. The van der Waals surface area contributed by atoms with E-state index in [1.807, 2.05) is 13.8 Å². The predicted molar refractivity (Wildman–Crippen MR) is 88.1 cm³/mol. The first-order chi connectivity index (χ1) is 11.5. The molecule has 0 spiro atoms. The molecule has 1 N–H and O–H groups in total. The smallest absolute Gasteiger partial charge is 0.337 e. The minimum Gasteiger partial charge on any atom is -0.456 e. The second kappa shape index (κ2) is 5.53. The zero-order valence-corrected chi connectivity index (χ0v) is 15.2. The first-order valence-corrected chi connectivity index (χ1v) is 8.66. The summed E-state index contributed by atoms with van der Waals surface area (Å²) in [7, 11) is 0.